The molecule has 0 bridgehead atoms. The number of thioether (sulfide) groups is 1. The minimum atomic E-state index is 0.0974. The largest absolute Gasteiger partial charge is 0.490 e. The van der Waals surface area contributed by atoms with Gasteiger partial charge in [-0.15, -0.1) is 0 Å². The van der Waals surface area contributed by atoms with Crippen LogP contribution in [0.5, 0.6) is 5.75 Å². The van der Waals surface area contributed by atoms with E-state index in [2.05, 4.69) is 0 Å². The molecule has 0 amide bonds. The summed E-state index contributed by atoms with van der Waals surface area (Å²) in [5.74, 6) is 2.05. The number of Topliss-reactive ketones (excluding diaryl/α,β-unsaturated/α-hetero) is 1. The molecule has 1 aliphatic heterocycles. The van der Waals surface area contributed by atoms with Gasteiger partial charge in [-0.1, -0.05) is 12.1 Å². The van der Waals surface area contributed by atoms with Crippen LogP contribution in [0.4, 0.5) is 0 Å². The standard InChI is InChI=1S/C14H18O2S/c1-10(2)16-12-7-4-3-6-11(12)14(15)13-8-5-9-17-13/h3-4,6-7,10,13H,5,8-9H2,1-2H3. The van der Waals surface area contributed by atoms with Crippen molar-refractivity contribution in [3.63, 3.8) is 0 Å². The average Bonchev–Trinajstić information content (AvgIpc) is 2.81. The molecule has 1 fully saturated rings. The quantitative estimate of drug-likeness (QED) is 0.764. The zero-order chi connectivity index (χ0) is 12.3. The maximum Gasteiger partial charge on any atom is 0.179 e. The first kappa shape index (κ1) is 12.5. The SMILES string of the molecule is CC(C)Oc1ccccc1C(=O)C1CCCS1. The summed E-state index contributed by atoms with van der Waals surface area (Å²) in [5, 5.41) is 0.131. The smallest absolute Gasteiger partial charge is 0.179 e. The predicted octanol–water partition coefficient (Wildman–Crippen LogP) is 3.55. The Kier molecular flexibility index (Phi) is 4.11. The van der Waals surface area contributed by atoms with Gasteiger partial charge in [-0.2, -0.15) is 11.8 Å². The van der Waals surface area contributed by atoms with E-state index in [0.29, 0.717) is 0 Å². The van der Waals surface area contributed by atoms with Crippen LogP contribution in [-0.4, -0.2) is 22.9 Å². The maximum atomic E-state index is 12.3. The normalized spacial score (nSPS) is 19.6. The molecule has 1 aliphatic rings. The number of carbonyl (C=O) groups is 1. The molecular formula is C14H18O2S. The Bertz CT molecular complexity index is 395. The van der Waals surface area contributed by atoms with E-state index >= 15 is 0 Å². The number of para-hydroxylation sites is 1. The highest BCUT2D eigenvalue weighted by molar-refractivity contribution is 8.00. The van der Waals surface area contributed by atoms with Crippen LogP contribution in [0.3, 0.4) is 0 Å². The molecule has 1 atom stereocenters. The summed E-state index contributed by atoms with van der Waals surface area (Å²) >= 11 is 1.77. The van der Waals surface area contributed by atoms with Gasteiger partial charge >= 0.3 is 0 Å². The van der Waals surface area contributed by atoms with Crippen molar-refractivity contribution in [3.05, 3.63) is 29.8 Å². The first-order valence-electron chi connectivity index (χ1n) is 6.10. The maximum absolute atomic E-state index is 12.3. The second-order valence-corrected chi connectivity index (χ2v) is 5.84. The molecule has 0 aliphatic carbocycles. The van der Waals surface area contributed by atoms with Crippen LogP contribution in [0.1, 0.15) is 37.0 Å². The third kappa shape index (κ3) is 3.03. The van der Waals surface area contributed by atoms with Gasteiger partial charge in [0.25, 0.3) is 0 Å². The third-order valence-electron chi connectivity index (χ3n) is 2.74. The molecule has 1 unspecified atom stereocenters. The zero-order valence-corrected chi connectivity index (χ0v) is 11.1. The second kappa shape index (κ2) is 5.58. The summed E-state index contributed by atoms with van der Waals surface area (Å²) < 4.78 is 5.70. The van der Waals surface area contributed by atoms with Crippen LogP contribution in [0.25, 0.3) is 0 Å². The molecule has 2 nitrogen and oxygen atoms in total. The molecule has 1 heterocycles. The Morgan fingerprint density at radius 2 is 2.18 bits per heavy atom. The fraction of sp³-hybridized carbons (Fsp3) is 0.500. The lowest BCUT2D eigenvalue weighted by Crippen LogP contribution is -2.17. The van der Waals surface area contributed by atoms with E-state index in [-0.39, 0.29) is 17.1 Å². The fourth-order valence-electron chi connectivity index (χ4n) is 1.98. The first-order chi connectivity index (χ1) is 8.18. The number of ether oxygens (including phenoxy) is 1. The van der Waals surface area contributed by atoms with Crippen LogP contribution in [0, 0.1) is 0 Å². The molecular weight excluding hydrogens is 232 g/mol. The average molecular weight is 250 g/mol. The van der Waals surface area contributed by atoms with E-state index < -0.39 is 0 Å². The van der Waals surface area contributed by atoms with Gasteiger partial charge in [0.05, 0.1) is 16.9 Å². The van der Waals surface area contributed by atoms with Crippen LogP contribution in [-0.2, 0) is 0 Å². The van der Waals surface area contributed by atoms with Gasteiger partial charge in [0.15, 0.2) is 5.78 Å². The van der Waals surface area contributed by atoms with Crippen molar-refractivity contribution in [1.82, 2.24) is 0 Å². The van der Waals surface area contributed by atoms with Crippen molar-refractivity contribution in [2.24, 2.45) is 0 Å². The van der Waals surface area contributed by atoms with Crippen molar-refractivity contribution in [2.75, 3.05) is 5.75 Å². The van der Waals surface area contributed by atoms with Gasteiger partial charge in [-0.05, 0) is 44.6 Å². The minimum absolute atomic E-state index is 0.0974. The Labute approximate surface area is 107 Å². The number of ketones is 1. The molecule has 2 rings (SSSR count). The number of hydrogen-bond acceptors (Lipinski definition) is 3. The molecule has 3 heteroatoms. The lowest BCUT2D eigenvalue weighted by Gasteiger charge is -2.15. The first-order valence-corrected chi connectivity index (χ1v) is 7.15. The zero-order valence-electron chi connectivity index (χ0n) is 10.3. The minimum Gasteiger partial charge on any atom is -0.490 e. The molecule has 0 radical (unpaired) electrons. The molecule has 0 spiro atoms. The van der Waals surface area contributed by atoms with E-state index in [4.69, 9.17) is 4.74 Å². The molecule has 1 aromatic carbocycles. The molecule has 1 aromatic rings. The van der Waals surface area contributed by atoms with E-state index in [0.717, 1.165) is 29.9 Å². The van der Waals surface area contributed by atoms with Crippen molar-refractivity contribution in [1.29, 1.82) is 0 Å². The lowest BCUT2D eigenvalue weighted by molar-refractivity contribution is 0.0982. The number of rotatable bonds is 4. The molecule has 17 heavy (non-hydrogen) atoms. The molecule has 92 valence electrons. The summed E-state index contributed by atoms with van der Waals surface area (Å²) in [7, 11) is 0. The lowest BCUT2D eigenvalue weighted by atomic mass is 10.0. The Morgan fingerprint density at radius 3 is 2.82 bits per heavy atom. The number of benzene rings is 1. The summed E-state index contributed by atoms with van der Waals surface area (Å²) in [5.41, 5.74) is 0.737. The molecule has 0 aromatic heterocycles. The van der Waals surface area contributed by atoms with Crippen molar-refractivity contribution in [2.45, 2.75) is 38.0 Å². The second-order valence-electron chi connectivity index (χ2n) is 4.53. The summed E-state index contributed by atoms with van der Waals surface area (Å²) in [6.07, 6.45) is 2.24. The summed E-state index contributed by atoms with van der Waals surface area (Å²) in [6.45, 7) is 3.96. The fourth-order valence-corrected chi connectivity index (χ4v) is 3.21. The van der Waals surface area contributed by atoms with E-state index in [1.807, 2.05) is 38.1 Å². The Balaban J connectivity index is 2.21. The van der Waals surface area contributed by atoms with Crippen LogP contribution in [0.2, 0.25) is 0 Å². The molecule has 0 saturated carbocycles. The summed E-state index contributed by atoms with van der Waals surface area (Å²) in [4.78, 5) is 12.3. The molecule has 1 saturated heterocycles. The highest BCUT2D eigenvalue weighted by Crippen LogP contribution is 2.31. The van der Waals surface area contributed by atoms with Crippen molar-refractivity contribution >= 4 is 17.5 Å². The topological polar surface area (TPSA) is 26.3 Å². The van der Waals surface area contributed by atoms with E-state index in [1.165, 1.54) is 0 Å². The van der Waals surface area contributed by atoms with Gasteiger partial charge in [0.2, 0.25) is 0 Å². The Hall–Kier alpha value is -0.960. The monoisotopic (exact) mass is 250 g/mol. The number of carbonyl (C=O) groups excluding carboxylic acids is 1. The van der Waals surface area contributed by atoms with Crippen LogP contribution in [0.15, 0.2) is 24.3 Å². The van der Waals surface area contributed by atoms with Gasteiger partial charge < -0.3 is 4.74 Å². The highest BCUT2D eigenvalue weighted by atomic mass is 32.2. The van der Waals surface area contributed by atoms with Gasteiger partial charge in [-0.3, -0.25) is 4.79 Å². The van der Waals surface area contributed by atoms with E-state index in [1.54, 1.807) is 11.8 Å². The van der Waals surface area contributed by atoms with Crippen molar-refractivity contribution in [3.8, 4) is 5.75 Å². The van der Waals surface area contributed by atoms with E-state index in [9.17, 15) is 4.79 Å². The Morgan fingerprint density at radius 1 is 1.41 bits per heavy atom. The number of hydrogen-bond donors (Lipinski definition) is 0. The summed E-state index contributed by atoms with van der Waals surface area (Å²) in [6, 6.07) is 7.57. The van der Waals surface area contributed by atoms with Crippen molar-refractivity contribution < 1.29 is 9.53 Å². The van der Waals surface area contributed by atoms with Crippen LogP contribution >= 0.6 is 11.8 Å². The predicted molar refractivity (Wildman–Crippen MR) is 72.0 cm³/mol. The van der Waals surface area contributed by atoms with Crippen LogP contribution < -0.4 is 4.74 Å². The third-order valence-corrected chi connectivity index (χ3v) is 4.11. The van der Waals surface area contributed by atoms with Gasteiger partial charge in [-0.25, -0.2) is 0 Å². The molecule has 0 N–H and O–H groups in total. The van der Waals surface area contributed by atoms with Gasteiger partial charge in [0, 0.05) is 0 Å². The highest BCUT2D eigenvalue weighted by Gasteiger charge is 2.26. The van der Waals surface area contributed by atoms with Gasteiger partial charge in [0.1, 0.15) is 5.75 Å².